The van der Waals surface area contributed by atoms with Gasteiger partial charge in [0, 0.05) is 17.7 Å². The molecule has 1 aromatic carbocycles. The van der Waals surface area contributed by atoms with E-state index in [4.69, 9.17) is 15.3 Å². The van der Waals surface area contributed by atoms with Crippen LogP contribution in [0.25, 0.3) is 0 Å². The number of hydrazone groups is 1. The molecule has 0 spiro atoms. The van der Waals surface area contributed by atoms with Gasteiger partial charge < -0.3 is 14.2 Å². The molecule has 1 unspecified atom stereocenters. The Hall–Kier alpha value is -3.72. The van der Waals surface area contributed by atoms with Crippen molar-refractivity contribution >= 4 is 17.3 Å². The van der Waals surface area contributed by atoms with E-state index in [2.05, 4.69) is 16.3 Å². The molecule has 134 valence electrons. The van der Waals surface area contributed by atoms with Crippen LogP contribution in [0.15, 0.2) is 75.0 Å². The third-order valence-corrected chi connectivity index (χ3v) is 4.32. The van der Waals surface area contributed by atoms with E-state index in [-0.39, 0.29) is 18.5 Å². The molecule has 6 nitrogen and oxygen atoms in total. The van der Waals surface area contributed by atoms with Gasteiger partial charge >= 0.3 is 0 Å². The molecule has 3 aromatic rings. The number of nitrogens with zero attached hydrogens (tertiary/aromatic N) is 2. The van der Waals surface area contributed by atoms with Crippen molar-refractivity contribution in [3.8, 4) is 12.3 Å². The molecular weight excluding hydrogens is 342 g/mol. The second-order valence-corrected chi connectivity index (χ2v) is 6.08. The molecule has 0 aliphatic carbocycles. The van der Waals surface area contributed by atoms with E-state index < -0.39 is 0 Å². The Kier molecular flexibility index (Phi) is 4.50. The van der Waals surface area contributed by atoms with Gasteiger partial charge in [-0.2, -0.15) is 5.10 Å². The summed E-state index contributed by atoms with van der Waals surface area (Å²) in [5.41, 5.74) is 2.24. The van der Waals surface area contributed by atoms with Gasteiger partial charge in [0.25, 0.3) is 5.91 Å². The molecule has 0 radical (unpaired) electrons. The van der Waals surface area contributed by atoms with E-state index in [1.54, 1.807) is 24.7 Å². The van der Waals surface area contributed by atoms with Gasteiger partial charge in [0.15, 0.2) is 0 Å². The quantitative estimate of drug-likeness (QED) is 0.706. The Morgan fingerprint density at radius 3 is 2.81 bits per heavy atom. The van der Waals surface area contributed by atoms with Crippen LogP contribution in [-0.2, 0) is 4.79 Å². The highest BCUT2D eigenvalue weighted by molar-refractivity contribution is 6.01. The Morgan fingerprint density at radius 2 is 2.07 bits per heavy atom. The fourth-order valence-electron chi connectivity index (χ4n) is 3.01. The molecule has 1 aliphatic rings. The lowest BCUT2D eigenvalue weighted by molar-refractivity contribution is -0.131. The molecule has 3 heterocycles. The van der Waals surface area contributed by atoms with E-state index >= 15 is 0 Å². The molecule has 1 N–H and O–H groups in total. The van der Waals surface area contributed by atoms with Gasteiger partial charge in [-0.05, 0) is 42.5 Å². The zero-order chi connectivity index (χ0) is 18.6. The Morgan fingerprint density at radius 1 is 1.22 bits per heavy atom. The Labute approximate surface area is 156 Å². The monoisotopic (exact) mass is 359 g/mol. The first-order valence-corrected chi connectivity index (χ1v) is 8.52. The van der Waals surface area contributed by atoms with Crippen LogP contribution in [0.1, 0.15) is 29.5 Å². The number of amides is 1. The van der Waals surface area contributed by atoms with Gasteiger partial charge in [-0.15, -0.1) is 6.42 Å². The summed E-state index contributed by atoms with van der Waals surface area (Å²) in [7, 11) is 0. The normalized spacial score (nSPS) is 16.0. The molecule has 0 bridgehead atoms. The van der Waals surface area contributed by atoms with Gasteiger partial charge in [0.2, 0.25) is 0 Å². The van der Waals surface area contributed by atoms with Crippen LogP contribution in [0.5, 0.6) is 0 Å². The third kappa shape index (κ3) is 3.48. The maximum atomic E-state index is 12.8. The van der Waals surface area contributed by atoms with E-state index in [1.165, 1.54) is 5.01 Å². The predicted octanol–water partition coefficient (Wildman–Crippen LogP) is 3.64. The standard InChI is InChI=1S/C21H17N3O3/c1-2-15-6-3-7-16(12-15)22-14-21(25)24-18(20-9-5-11-27-20)13-17(23-24)19-8-4-10-26-19/h1,3-12,18,22H,13-14H2. The third-order valence-electron chi connectivity index (χ3n) is 4.32. The molecule has 4 rings (SSSR count). The number of hydrogen-bond acceptors (Lipinski definition) is 5. The van der Waals surface area contributed by atoms with Crippen molar-refractivity contribution in [2.45, 2.75) is 12.5 Å². The van der Waals surface area contributed by atoms with Gasteiger partial charge in [0.05, 0.1) is 19.1 Å². The zero-order valence-corrected chi connectivity index (χ0v) is 14.5. The van der Waals surface area contributed by atoms with Gasteiger partial charge in [-0.25, -0.2) is 5.01 Å². The predicted molar refractivity (Wildman–Crippen MR) is 101 cm³/mol. The lowest BCUT2D eigenvalue weighted by Crippen LogP contribution is -2.32. The van der Waals surface area contributed by atoms with E-state index in [9.17, 15) is 4.79 Å². The van der Waals surface area contributed by atoms with Crippen molar-refractivity contribution in [2.75, 3.05) is 11.9 Å². The van der Waals surface area contributed by atoms with Crippen LogP contribution >= 0.6 is 0 Å². The number of rotatable bonds is 5. The fourth-order valence-corrected chi connectivity index (χ4v) is 3.01. The minimum Gasteiger partial charge on any atom is -0.467 e. The van der Waals surface area contributed by atoms with Crippen LogP contribution in [-0.4, -0.2) is 23.2 Å². The molecule has 0 saturated carbocycles. The average molecular weight is 359 g/mol. The summed E-state index contributed by atoms with van der Waals surface area (Å²) in [6.07, 6.45) is 9.12. The Bertz CT molecular complexity index is 998. The van der Waals surface area contributed by atoms with Gasteiger partial charge in [-0.3, -0.25) is 4.79 Å². The molecular formula is C21H17N3O3. The molecule has 1 atom stereocenters. The zero-order valence-electron chi connectivity index (χ0n) is 14.5. The summed E-state index contributed by atoms with van der Waals surface area (Å²) in [4.78, 5) is 12.8. The molecule has 1 aliphatic heterocycles. The van der Waals surface area contributed by atoms with Crippen LogP contribution in [0, 0.1) is 12.3 Å². The number of benzene rings is 1. The lowest BCUT2D eigenvalue weighted by atomic mass is 10.1. The van der Waals surface area contributed by atoms with Crippen molar-refractivity contribution in [3.05, 3.63) is 78.1 Å². The fraction of sp³-hybridized carbons (Fsp3) is 0.143. The molecule has 6 heteroatoms. The summed E-state index contributed by atoms with van der Waals surface area (Å²) < 4.78 is 10.9. The first kappa shape index (κ1) is 16.7. The number of terminal acetylenes is 1. The summed E-state index contributed by atoms with van der Waals surface area (Å²) in [5.74, 6) is 3.73. The molecule has 0 fully saturated rings. The van der Waals surface area contributed by atoms with Crippen molar-refractivity contribution in [1.82, 2.24) is 5.01 Å². The number of hydrogen-bond donors (Lipinski definition) is 1. The highest BCUT2D eigenvalue weighted by atomic mass is 16.3. The van der Waals surface area contributed by atoms with Gasteiger partial charge in [0.1, 0.15) is 23.3 Å². The Balaban J connectivity index is 1.52. The molecule has 1 amide bonds. The highest BCUT2D eigenvalue weighted by Gasteiger charge is 2.35. The number of nitrogens with one attached hydrogen (secondary N) is 1. The lowest BCUT2D eigenvalue weighted by Gasteiger charge is -2.20. The van der Waals surface area contributed by atoms with Crippen LogP contribution < -0.4 is 5.32 Å². The van der Waals surface area contributed by atoms with Crippen molar-refractivity contribution in [2.24, 2.45) is 5.10 Å². The second kappa shape index (κ2) is 7.26. The minimum absolute atomic E-state index is 0.0835. The molecule has 27 heavy (non-hydrogen) atoms. The second-order valence-electron chi connectivity index (χ2n) is 6.08. The van der Waals surface area contributed by atoms with E-state index in [0.29, 0.717) is 23.7 Å². The van der Waals surface area contributed by atoms with Crippen LogP contribution in [0.4, 0.5) is 5.69 Å². The topological polar surface area (TPSA) is 71.0 Å². The average Bonchev–Trinajstić information content (AvgIpc) is 3.46. The number of anilines is 1. The largest absolute Gasteiger partial charge is 0.467 e. The summed E-state index contributed by atoms with van der Waals surface area (Å²) in [6.45, 7) is 0.0835. The van der Waals surface area contributed by atoms with Crippen molar-refractivity contribution < 1.29 is 13.6 Å². The number of furan rings is 2. The SMILES string of the molecule is C#Cc1cccc(NCC(=O)N2N=C(c3ccco3)CC2c2ccco2)c1. The summed E-state index contributed by atoms with van der Waals surface area (Å²) in [5, 5.41) is 9.04. The molecule has 2 aromatic heterocycles. The first-order valence-electron chi connectivity index (χ1n) is 8.52. The van der Waals surface area contributed by atoms with Crippen LogP contribution in [0.3, 0.4) is 0 Å². The van der Waals surface area contributed by atoms with Crippen molar-refractivity contribution in [3.63, 3.8) is 0 Å². The minimum atomic E-state index is -0.300. The maximum absolute atomic E-state index is 12.8. The summed E-state index contributed by atoms with van der Waals surface area (Å²) >= 11 is 0. The van der Waals surface area contributed by atoms with E-state index in [0.717, 1.165) is 11.3 Å². The number of carbonyl (C=O) groups is 1. The van der Waals surface area contributed by atoms with Gasteiger partial charge in [-0.1, -0.05) is 12.0 Å². The highest BCUT2D eigenvalue weighted by Crippen LogP contribution is 2.33. The maximum Gasteiger partial charge on any atom is 0.262 e. The summed E-state index contributed by atoms with van der Waals surface area (Å²) in [6, 6.07) is 14.3. The smallest absolute Gasteiger partial charge is 0.262 e. The first-order chi connectivity index (χ1) is 13.2. The number of carbonyl (C=O) groups excluding carboxylic acids is 1. The van der Waals surface area contributed by atoms with E-state index in [1.807, 2.05) is 36.4 Å². The van der Waals surface area contributed by atoms with Crippen LogP contribution in [0.2, 0.25) is 0 Å². The van der Waals surface area contributed by atoms with Crippen molar-refractivity contribution in [1.29, 1.82) is 0 Å². The molecule has 0 saturated heterocycles.